The van der Waals surface area contributed by atoms with Gasteiger partial charge in [0, 0.05) is 30.0 Å². The van der Waals surface area contributed by atoms with E-state index in [4.69, 9.17) is 0 Å². The van der Waals surface area contributed by atoms with E-state index in [0.717, 1.165) is 36.0 Å². The number of H-pyrrole nitrogens is 1. The minimum Gasteiger partial charge on any atom is -0.378 e. The first kappa shape index (κ1) is 19.3. The maximum atomic E-state index is 4.68. The van der Waals surface area contributed by atoms with Crippen LogP contribution in [0.15, 0.2) is 30.5 Å². The third-order valence-electron chi connectivity index (χ3n) is 7.45. The molecule has 0 aliphatic carbocycles. The number of fused-ring (bicyclic) bond motifs is 2. The van der Waals surface area contributed by atoms with E-state index in [0.29, 0.717) is 0 Å². The third kappa shape index (κ3) is 3.72. The highest BCUT2D eigenvalue weighted by Gasteiger charge is 2.28. The summed E-state index contributed by atoms with van der Waals surface area (Å²) >= 11 is 0. The summed E-state index contributed by atoms with van der Waals surface area (Å²) in [5.74, 6) is 0.918. The van der Waals surface area contributed by atoms with E-state index >= 15 is 0 Å². The number of aryl methyl sites for hydroxylation is 1. The minimum atomic E-state index is 0.259. The molecule has 1 aromatic carbocycles. The Balaban J connectivity index is 1.12. The van der Waals surface area contributed by atoms with Crippen LogP contribution in [-0.4, -0.2) is 57.0 Å². The zero-order valence-electron chi connectivity index (χ0n) is 18.4. The van der Waals surface area contributed by atoms with E-state index in [9.17, 15) is 0 Å². The number of hydrogen-bond donors (Lipinski definition) is 2. The molecule has 31 heavy (non-hydrogen) atoms. The lowest BCUT2D eigenvalue weighted by Gasteiger charge is -2.36. The summed E-state index contributed by atoms with van der Waals surface area (Å²) in [7, 11) is 0. The number of likely N-dealkylation sites (tertiary alicyclic amines) is 2. The van der Waals surface area contributed by atoms with Crippen LogP contribution in [-0.2, 0) is 13.0 Å². The van der Waals surface area contributed by atoms with Gasteiger partial charge in [0.05, 0.1) is 6.04 Å². The van der Waals surface area contributed by atoms with Crippen molar-refractivity contribution in [2.24, 2.45) is 0 Å². The van der Waals surface area contributed by atoms with Crippen molar-refractivity contribution in [1.82, 2.24) is 24.8 Å². The number of hydrogen-bond acceptors (Lipinski definition) is 5. The Hall–Kier alpha value is -2.44. The summed E-state index contributed by atoms with van der Waals surface area (Å²) in [5, 5.41) is 3.72. The van der Waals surface area contributed by atoms with Gasteiger partial charge >= 0.3 is 0 Å². The SMILES string of the molecule is Cc1nc2c(C3Cc4cc(CN5CCC(N6CCCC6)CC5)ccc4N3)ccnc2[nH]1. The maximum Gasteiger partial charge on any atom is 0.157 e. The summed E-state index contributed by atoms with van der Waals surface area (Å²) in [6, 6.07) is 10.2. The Morgan fingerprint density at radius 1 is 1.06 bits per heavy atom. The highest BCUT2D eigenvalue weighted by atomic mass is 15.2. The second-order valence-electron chi connectivity index (χ2n) is 9.56. The number of imidazole rings is 1. The summed E-state index contributed by atoms with van der Waals surface area (Å²) in [6.45, 7) is 8.17. The van der Waals surface area contributed by atoms with Crippen molar-refractivity contribution in [3.8, 4) is 0 Å². The van der Waals surface area contributed by atoms with Crippen molar-refractivity contribution in [2.75, 3.05) is 31.5 Å². The molecule has 3 aliphatic rings. The second kappa shape index (κ2) is 7.92. The van der Waals surface area contributed by atoms with Crippen molar-refractivity contribution >= 4 is 16.9 Å². The van der Waals surface area contributed by atoms with Gasteiger partial charge in [-0.05, 0) is 88.5 Å². The average Bonchev–Trinajstić information content (AvgIpc) is 3.52. The standard InChI is InChI=1S/C25H32N6/c1-17-27-24-21(6-9-26-25(24)28-17)23-15-19-14-18(4-5-22(19)29-23)16-30-12-7-20(8-13-30)31-10-2-3-11-31/h4-6,9,14,20,23,29H,2-3,7-8,10-13,15-16H2,1H3,(H,26,27,28). The van der Waals surface area contributed by atoms with Gasteiger partial charge in [0.15, 0.2) is 5.65 Å². The quantitative estimate of drug-likeness (QED) is 0.672. The van der Waals surface area contributed by atoms with Crippen LogP contribution in [0.5, 0.6) is 0 Å². The van der Waals surface area contributed by atoms with Crippen molar-refractivity contribution in [2.45, 2.75) is 57.7 Å². The Morgan fingerprint density at radius 2 is 1.90 bits per heavy atom. The first-order valence-corrected chi connectivity index (χ1v) is 11.9. The lowest BCUT2D eigenvalue weighted by molar-refractivity contribution is 0.122. The normalized spacial score (nSPS) is 22.8. The van der Waals surface area contributed by atoms with Gasteiger partial charge in [-0.1, -0.05) is 12.1 Å². The monoisotopic (exact) mass is 416 g/mol. The molecule has 2 fully saturated rings. The molecule has 6 nitrogen and oxygen atoms in total. The molecule has 6 heteroatoms. The molecule has 3 aliphatic heterocycles. The van der Waals surface area contributed by atoms with Crippen LogP contribution >= 0.6 is 0 Å². The fourth-order valence-corrected chi connectivity index (χ4v) is 5.84. The number of nitrogens with one attached hydrogen (secondary N) is 2. The molecule has 2 saturated heterocycles. The predicted octanol–water partition coefficient (Wildman–Crippen LogP) is 4.04. The maximum absolute atomic E-state index is 4.68. The molecule has 5 heterocycles. The highest BCUT2D eigenvalue weighted by Crippen LogP contribution is 2.37. The van der Waals surface area contributed by atoms with E-state index in [-0.39, 0.29) is 6.04 Å². The van der Waals surface area contributed by atoms with E-state index in [2.05, 4.69) is 54.3 Å². The Morgan fingerprint density at radius 3 is 2.74 bits per heavy atom. The van der Waals surface area contributed by atoms with Crippen LogP contribution in [0.4, 0.5) is 5.69 Å². The van der Waals surface area contributed by atoms with Crippen LogP contribution in [0.2, 0.25) is 0 Å². The van der Waals surface area contributed by atoms with Gasteiger partial charge < -0.3 is 15.2 Å². The van der Waals surface area contributed by atoms with E-state index in [1.54, 1.807) is 0 Å². The lowest BCUT2D eigenvalue weighted by atomic mass is 10.0. The van der Waals surface area contributed by atoms with Crippen molar-refractivity contribution in [3.05, 3.63) is 53.0 Å². The van der Waals surface area contributed by atoms with Gasteiger partial charge in [-0.15, -0.1) is 0 Å². The molecular weight excluding hydrogens is 384 g/mol. The van der Waals surface area contributed by atoms with Crippen molar-refractivity contribution in [1.29, 1.82) is 0 Å². The summed E-state index contributed by atoms with van der Waals surface area (Å²) in [5.41, 5.74) is 7.23. The molecule has 0 radical (unpaired) electrons. The second-order valence-corrected chi connectivity index (χ2v) is 9.56. The summed E-state index contributed by atoms with van der Waals surface area (Å²) in [6.07, 6.45) is 8.35. The Labute approximate surface area is 184 Å². The minimum absolute atomic E-state index is 0.259. The van der Waals surface area contributed by atoms with Gasteiger partial charge in [-0.2, -0.15) is 0 Å². The molecule has 0 spiro atoms. The number of rotatable bonds is 4. The molecule has 3 aromatic rings. The van der Waals surface area contributed by atoms with E-state index < -0.39 is 0 Å². The lowest BCUT2D eigenvalue weighted by Crippen LogP contribution is -2.43. The van der Waals surface area contributed by atoms with E-state index in [1.165, 1.54) is 74.2 Å². The molecule has 6 rings (SSSR count). The number of aromatic amines is 1. The van der Waals surface area contributed by atoms with Gasteiger partial charge in [0.1, 0.15) is 11.3 Å². The molecule has 0 amide bonds. The van der Waals surface area contributed by atoms with Crippen LogP contribution < -0.4 is 5.32 Å². The number of aromatic nitrogens is 3. The molecule has 1 atom stereocenters. The predicted molar refractivity (Wildman–Crippen MR) is 124 cm³/mol. The van der Waals surface area contributed by atoms with Crippen LogP contribution in [0.25, 0.3) is 11.2 Å². The zero-order valence-corrected chi connectivity index (χ0v) is 18.4. The molecule has 2 aromatic heterocycles. The first-order valence-electron chi connectivity index (χ1n) is 11.9. The van der Waals surface area contributed by atoms with Gasteiger partial charge in [-0.3, -0.25) is 4.90 Å². The fraction of sp³-hybridized carbons (Fsp3) is 0.520. The smallest absolute Gasteiger partial charge is 0.157 e. The van der Waals surface area contributed by atoms with Crippen molar-refractivity contribution < 1.29 is 0 Å². The van der Waals surface area contributed by atoms with Crippen molar-refractivity contribution in [3.63, 3.8) is 0 Å². The first-order chi connectivity index (χ1) is 15.2. The highest BCUT2D eigenvalue weighted by molar-refractivity contribution is 5.77. The summed E-state index contributed by atoms with van der Waals surface area (Å²) < 4.78 is 0. The van der Waals surface area contributed by atoms with Crippen LogP contribution in [0, 0.1) is 6.92 Å². The molecule has 2 N–H and O–H groups in total. The topological polar surface area (TPSA) is 60.1 Å². The molecule has 162 valence electrons. The van der Waals surface area contributed by atoms with Gasteiger partial charge in [-0.25, -0.2) is 9.97 Å². The van der Waals surface area contributed by atoms with Crippen LogP contribution in [0.1, 0.15) is 54.2 Å². The summed E-state index contributed by atoms with van der Waals surface area (Å²) in [4.78, 5) is 17.8. The number of benzene rings is 1. The molecule has 0 saturated carbocycles. The molecular formula is C25H32N6. The van der Waals surface area contributed by atoms with Gasteiger partial charge in [0.2, 0.25) is 0 Å². The van der Waals surface area contributed by atoms with Crippen LogP contribution in [0.3, 0.4) is 0 Å². The number of anilines is 1. The number of pyridine rings is 1. The largest absolute Gasteiger partial charge is 0.378 e. The molecule has 1 unspecified atom stereocenters. The molecule has 0 bridgehead atoms. The Bertz CT molecular complexity index is 1070. The van der Waals surface area contributed by atoms with E-state index in [1.807, 2.05) is 13.1 Å². The zero-order chi connectivity index (χ0) is 20.8. The third-order valence-corrected chi connectivity index (χ3v) is 7.45. The average molecular weight is 417 g/mol. The Kier molecular flexibility index (Phi) is 4.92. The number of nitrogens with zero attached hydrogens (tertiary/aromatic N) is 4. The van der Waals surface area contributed by atoms with Gasteiger partial charge in [0.25, 0.3) is 0 Å². The fourth-order valence-electron chi connectivity index (χ4n) is 5.84. The number of piperidine rings is 1.